The summed E-state index contributed by atoms with van der Waals surface area (Å²) < 4.78 is 5.64. The summed E-state index contributed by atoms with van der Waals surface area (Å²) in [6, 6.07) is 4.30. The van der Waals surface area contributed by atoms with Gasteiger partial charge >= 0.3 is 0 Å². The fourth-order valence-electron chi connectivity index (χ4n) is 4.95. The zero-order chi connectivity index (χ0) is 22.3. The molecule has 0 aromatic carbocycles. The fourth-order valence-corrected chi connectivity index (χ4v) is 4.95. The molecule has 1 unspecified atom stereocenters. The third kappa shape index (κ3) is 5.66. The summed E-state index contributed by atoms with van der Waals surface area (Å²) in [6.07, 6.45) is 10.8. The minimum atomic E-state index is 0.551. The van der Waals surface area contributed by atoms with Crippen molar-refractivity contribution < 1.29 is 4.74 Å². The van der Waals surface area contributed by atoms with Crippen molar-refractivity contribution in [1.82, 2.24) is 26.4 Å². The lowest BCUT2D eigenvalue weighted by atomic mass is 9.93. The van der Waals surface area contributed by atoms with E-state index in [1.54, 1.807) is 0 Å². The molecule has 1 aromatic rings. The van der Waals surface area contributed by atoms with Gasteiger partial charge in [0.05, 0.1) is 29.3 Å². The highest BCUT2D eigenvalue weighted by Gasteiger charge is 2.22. The SMILES string of the molecule is Cc1nc(C2=C(CN/N=C(\C=N)CC3CCCC3)N(C)NN2)ccc1CC1CCCOC1. The van der Waals surface area contributed by atoms with E-state index in [1.165, 1.54) is 43.9 Å². The Morgan fingerprint density at radius 2 is 2.09 bits per heavy atom. The van der Waals surface area contributed by atoms with E-state index in [9.17, 15) is 0 Å². The summed E-state index contributed by atoms with van der Waals surface area (Å²) in [4.78, 5) is 4.91. The van der Waals surface area contributed by atoms with Gasteiger partial charge in [-0.1, -0.05) is 31.7 Å². The maximum atomic E-state index is 7.70. The second kappa shape index (κ2) is 10.9. The second-order valence-electron chi connectivity index (χ2n) is 9.28. The number of rotatable bonds is 9. The van der Waals surface area contributed by atoms with Crippen molar-refractivity contribution in [3.05, 3.63) is 34.8 Å². The van der Waals surface area contributed by atoms with Crippen LogP contribution in [0.4, 0.5) is 0 Å². The van der Waals surface area contributed by atoms with Crippen LogP contribution in [-0.4, -0.2) is 48.7 Å². The van der Waals surface area contributed by atoms with Crippen LogP contribution in [0.1, 0.15) is 61.9 Å². The highest BCUT2D eigenvalue weighted by atomic mass is 16.5. The Labute approximate surface area is 191 Å². The fraction of sp³-hybridized carbons (Fsp3) is 0.625. The van der Waals surface area contributed by atoms with Gasteiger partial charge in [-0.15, -0.1) is 5.53 Å². The van der Waals surface area contributed by atoms with Gasteiger partial charge in [-0.3, -0.25) is 15.4 Å². The van der Waals surface area contributed by atoms with E-state index in [1.807, 2.05) is 12.1 Å². The molecular formula is C24H37N7O. The van der Waals surface area contributed by atoms with Crippen molar-refractivity contribution in [2.75, 3.05) is 26.8 Å². The molecule has 32 heavy (non-hydrogen) atoms. The van der Waals surface area contributed by atoms with E-state index >= 15 is 0 Å². The van der Waals surface area contributed by atoms with Gasteiger partial charge in [-0.2, -0.15) is 5.10 Å². The van der Waals surface area contributed by atoms with Gasteiger partial charge < -0.3 is 15.6 Å². The third-order valence-electron chi connectivity index (χ3n) is 6.86. The molecule has 0 bridgehead atoms. The second-order valence-corrected chi connectivity index (χ2v) is 9.28. The maximum absolute atomic E-state index is 7.70. The summed E-state index contributed by atoms with van der Waals surface area (Å²) >= 11 is 0. The van der Waals surface area contributed by atoms with Gasteiger partial charge in [0, 0.05) is 32.2 Å². The lowest BCUT2D eigenvalue weighted by Gasteiger charge is -2.22. The molecule has 1 saturated heterocycles. The predicted octanol–water partition coefficient (Wildman–Crippen LogP) is 3.16. The van der Waals surface area contributed by atoms with Crippen molar-refractivity contribution in [3.63, 3.8) is 0 Å². The highest BCUT2D eigenvalue weighted by molar-refractivity contribution is 6.29. The number of likely N-dealkylation sites (N-methyl/N-ethyl adjacent to an activating group) is 1. The van der Waals surface area contributed by atoms with Crippen LogP contribution in [0, 0.1) is 24.2 Å². The van der Waals surface area contributed by atoms with Gasteiger partial charge in [0.25, 0.3) is 0 Å². The summed E-state index contributed by atoms with van der Waals surface area (Å²) in [6.45, 7) is 4.40. The lowest BCUT2D eigenvalue weighted by molar-refractivity contribution is 0.0549. The monoisotopic (exact) mass is 439 g/mol. The molecule has 4 N–H and O–H groups in total. The van der Waals surface area contributed by atoms with E-state index < -0.39 is 0 Å². The normalized spacial score (nSPS) is 22.4. The average molecular weight is 440 g/mol. The smallest absolute Gasteiger partial charge is 0.0988 e. The summed E-state index contributed by atoms with van der Waals surface area (Å²) in [5.41, 5.74) is 15.7. The van der Waals surface area contributed by atoms with E-state index in [-0.39, 0.29) is 0 Å². The van der Waals surface area contributed by atoms with Crippen molar-refractivity contribution >= 4 is 17.6 Å². The van der Waals surface area contributed by atoms with E-state index in [0.717, 1.165) is 61.0 Å². The van der Waals surface area contributed by atoms with Crippen LogP contribution in [0.3, 0.4) is 0 Å². The predicted molar refractivity (Wildman–Crippen MR) is 128 cm³/mol. The van der Waals surface area contributed by atoms with Crippen LogP contribution >= 0.6 is 0 Å². The van der Waals surface area contributed by atoms with Crippen molar-refractivity contribution in [1.29, 1.82) is 5.41 Å². The van der Waals surface area contributed by atoms with E-state index in [0.29, 0.717) is 18.4 Å². The molecular weight excluding hydrogens is 402 g/mol. The molecule has 3 heterocycles. The van der Waals surface area contributed by atoms with Crippen LogP contribution < -0.4 is 16.4 Å². The number of ether oxygens (including phenoxy) is 1. The van der Waals surface area contributed by atoms with Gasteiger partial charge in [0.1, 0.15) is 0 Å². The number of hydrogen-bond acceptors (Lipinski definition) is 8. The number of aryl methyl sites for hydroxylation is 1. The molecule has 0 radical (unpaired) electrons. The van der Waals surface area contributed by atoms with Crippen molar-refractivity contribution in [2.45, 2.75) is 58.3 Å². The first kappa shape index (κ1) is 22.7. The zero-order valence-corrected chi connectivity index (χ0v) is 19.4. The van der Waals surface area contributed by atoms with Crippen LogP contribution in [0.5, 0.6) is 0 Å². The first-order valence-electron chi connectivity index (χ1n) is 12.0. The number of hydrogen-bond donors (Lipinski definition) is 4. The Morgan fingerprint density at radius 3 is 2.81 bits per heavy atom. The van der Waals surface area contributed by atoms with Crippen LogP contribution in [-0.2, 0) is 11.2 Å². The first-order valence-corrected chi connectivity index (χ1v) is 12.0. The van der Waals surface area contributed by atoms with Crippen LogP contribution in [0.15, 0.2) is 22.9 Å². The van der Waals surface area contributed by atoms with Gasteiger partial charge in [0.2, 0.25) is 0 Å². The Hall–Kier alpha value is -2.45. The number of hydrazone groups is 1. The molecule has 2 aliphatic heterocycles. The largest absolute Gasteiger partial charge is 0.381 e. The van der Waals surface area contributed by atoms with Crippen LogP contribution in [0.25, 0.3) is 5.70 Å². The number of nitrogens with zero attached hydrogens (tertiary/aromatic N) is 3. The van der Waals surface area contributed by atoms with Gasteiger partial charge in [-0.05, 0) is 56.1 Å². The number of aromatic nitrogens is 1. The first-order chi connectivity index (χ1) is 15.6. The molecule has 4 rings (SSSR count). The average Bonchev–Trinajstić information content (AvgIpc) is 3.45. The molecule has 1 aliphatic carbocycles. The molecule has 2 fully saturated rings. The van der Waals surface area contributed by atoms with Crippen LogP contribution in [0.2, 0.25) is 0 Å². The Morgan fingerprint density at radius 1 is 1.28 bits per heavy atom. The third-order valence-corrected chi connectivity index (χ3v) is 6.86. The molecule has 174 valence electrons. The molecule has 1 atom stereocenters. The van der Waals surface area contributed by atoms with Gasteiger partial charge in [0.15, 0.2) is 0 Å². The topological polar surface area (TPSA) is 97.7 Å². The van der Waals surface area contributed by atoms with Crippen molar-refractivity contribution in [3.8, 4) is 0 Å². The van der Waals surface area contributed by atoms with Gasteiger partial charge in [-0.25, -0.2) is 0 Å². The number of nitrogens with one attached hydrogen (secondary N) is 4. The molecule has 8 nitrogen and oxygen atoms in total. The zero-order valence-electron chi connectivity index (χ0n) is 19.4. The Bertz CT molecular complexity index is 854. The molecule has 0 amide bonds. The Kier molecular flexibility index (Phi) is 7.76. The maximum Gasteiger partial charge on any atom is 0.0988 e. The molecule has 0 spiro atoms. The summed E-state index contributed by atoms with van der Waals surface area (Å²) in [7, 11) is 1.97. The quantitative estimate of drug-likeness (QED) is 0.349. The summed E-state index contributed by atoms with van der Waals surface area (Å²) in [5.74, 6) is 1.27. The standard InChI is InChI=1S/C24H37N7O/c1-17-20(12-19-8-5-11-32-16-19)9-10-22(27-17)24-23(31(2)30-29-24)15-26-28-21(14-25)13-18-6-3-4-7-18/h9-10,14,18-19,25-26,29-30H,3-8,11-13,15-16H2,1-2H3/b25-14?,28-21-. The van der Waals surface area contributed by atoms with E-state index in [4.69, 9.17) is 15.1 Å². The minimum Gasteiger partial charge on any atom is -0.381 e. The van der Waals surface area contributed by atoms with Crippen molar-refractivity contribution in [2.24, 2.45) is 16.9 Å². The Balaban J connectivity index is 1.42. The summed E-state index contributed by atoms with van der Waals surface area (Å²) in [5, 5.41) is 14.2. The number of hydrazine groups is 2. The highest BCUT2D eigenvalue weighted by Crippen LogP contribution is 2.28. The van der Waals surface area contributed by atoms with E-state index in [2.05, 4.69) is 40.5 Å². The molecule has 1 aromatic heterocycles. The lowest BCUT2D eigenvalue weighted by Crippen LogP contribution is -2.36. The molecule has 8 heteroatoms. The minimum absolute atomic E-state index is 0.551. The molecule has 1 saturated carbocycles. The molecule has 3 aliphatic rings. The number of pyridine rings is 1.